The molecule has 4 heteroatoms. The van der Waals surface area contributed by atoms with Crippen LogP contribution in [0.2, 0.25) is 0 Å². The zero-order chi connectivity index (χ0) is 31.6. The molecule has 0 fully saturated rings. The third-order valence-corrected chi connectivity index (χ3v) is 8.31. The van der Waals surface area contributed by atoms with Crippen LogP contribution in [0.5, 0.6) is 0 Å². The number of hydrogen-bond acceptors (Lipinski definition) is 3. The molecule has 3 nitrogen and oxygen atoms in total. The van der Waals surface area contributed by atoms with E-state index in [1.807, 2.05) is 55.7 Å². The maximum atomic E-state index is 4.65. The monoisotopic (exact) mass is 778 g/mol. The first-order valence-electron chi connectivity index (χ1n) is 15.6. The summed E-state index contributed by atoms with van der Waals surface area (Å²) in [5.74, 6) is 0. The molecule has 0 aliphatic heterocycles. The van der Waals surface area contributed by atoms with Crippen molar-refractivity contribution in [1.82, 2.24) is 15.0 Å². The fourth-order valence-corrected chi connectivity index (χ4v) is 6.07. The summed E-state index contributed by atoms with van der Waals surface area (Å²) in [6.07, 6.45) is 4.96. The van der Waals surface area contributed by atoms with Gasteiger partial charge in [0.05, 0.1) is 0 Å². The van der Waals surface area contributed by atoms with E-state index in [9.17, 15) is 0 Å². The van der Waals surface area contributed by atoms with Crippen molar-refractivity contribution in [3.8, 4) is 44.9 Å². The first kappa shape index (κ1) is 33.1. The van der Waals surface area contributed by atoms with Gasteiger partial charge in [-0.05, 0) is 86.5 Å². The van der Waals surface area contributed by atoms with Crippen molar-refractivity contribution in [3.63, 3.8) is 0 Å². The van der Waals surface area contributed by atoms with Gasteiger partial charge in [-0.15, -0.1) is 42.0 Å². The molecule has 0 spiro atoms. The maximum absolute atomic E-state index is 4.65. The van der Waals surface area contributed by atoms with Crippen molar-refractivity contribution < 1.29 is 20.1 Å². The zero-order valence-corrected chi connectivity index (χ0v) is 29.7. The Balaban J connectivity index is 0.000000177. The van der Waals surface area contributed by atoms with E-state index in [0.717, 1.165) is 34.8 Å². The summed E-state index contributed by atoms with van der Waals surface area (Å²) in [7, 11) is 0. The fourth-order valence-electron chi connectivity index (χ4n) is 6.07. The second-order valence-electron chi connectivity index (χ2n) is 13.5. The molecule has 3 aromatic carbocycles. The molecule has 1 aliphatic carbocycles. The van der Waals surface area contributed by atoms with Crippen LogP contribution in [0.1, 0.15) is 57.0 Å². The van der Waals surface area contributed by atoms with Crippen LogP contribution in [-0.2, 0) is 31.9 Å². The van der Waals surface area contributed by atoms with Crippen LogP contribution in [-0.4, -0.2) is 15.0 Å². The van der Waals surface area contributed by atoms with Crippen molar-refractivity contribution >= 4 is 0 Å². The molecule has 0 amide bonds. The minimum atomic E-state index is 0. The number of hydrogen-bond donors (Lipinski definition) is 0. The van der Waals surface area contributed by atoms with E-state index < -0.39 is 0 Å². The second kappa shape index (κ2) is 13.6. The molecule has 3 aromatic heterocycles. The molecule has 0 atom stereocenters. The van der Waals surface area contributed by atoms with E-state index in [0.29, 0.717) is 5.41 Å². The molecule has 1 radical (unpaired) electrons. The molecule has 0 bridgehead atoms. The van der Waals surface area contributed by atoms with Gasteiger partial charge < -0.3 is 9.97 Å². The largest absolute Gasteiger partial charge is 0.318 e. The van der Waals surface area contributed by atoms with Crippen LogP contribution in [0.3, 0.4) is 0 Å². The van der Waals surface area contributed by atoms with Gasteiger partial charge in [0.2, 0.25) is 0 Å². The molecule has 1 aliphatic rings. The van der Waals surface area contributed by atoms with Crippen molar-refractivity contribution in [2.75, 3.05) is 0 Å². The van der Waals surface area contributed by atoms with E-state index in [-0.39, 0.29) is 25.5 Å². The molecule has 46 heavy (non-hydrogen) atoms. The first-order valence-corrected chi connectivity index (χ1v) is 15.6. The minimum Gasteiger partial charge on any atom is -0.318 e. The Morgan fingerprint density at radius 3 is 2.17 bits per heavy atom. The van der Waals surface area contributed by atoms with Gasteiger partial charge >= 0.3 is 0 Å². The van der Waals surface area contributed by atoms with E-state index in [1.54, 1.807) is 0 Å². The molecule has 0 unspecified atom stereocenters. The van der Waals surface area contributed by atoms with Crippen LogP contribution in [0.25, 0.3) is 44.9 Å². The summed E-state index contributed by atoms with van der Waals surface area (Å²) in [5.41, 5.74) is 14.0. The average molecular weight is 778 g/mol. The molecule has 3 heterocycles. The third kappa shape index (κ3) is 7.25. The topological polar surface area (TPSA) is 38.7 Å². The molecule has 233 valence electrons. The van der Waals surface area contributed by atoms with E-state index in [2.05, 4.69) is 128 Å². The second-order valence-corrected chi connectivity index (χ2v) is 13.5. The summed E-state index contributed by atoms with van der Waals surface area (Å²) >= 11 is 0. The van der Waals surface area contributed by atoms with Gasteiger partial charge in [0.25, 0.3) is 0 Å². The number of pyridine rings is 3. The smallest absolute Gasteiger partial charge is 0.0173 e. The van der Waals surface area contributed by atoms with Crippen LogP contribution in [0.4, 0.5) is 0 Å². The number of aromatic nitrogens is 3. The van der Waals surface area contributed by atoms with Gasteiger partial charge in [0.1, 0.15) is 0 Å². The quantitative estimate of drug-likeness (QED) is 0.167. The fraction of sp³-hybridized carbons (Fsp3) is 0.214. The Morgan fingerprint density at radius 1 is 0.696 bits per heavy atom. The number of benzene rings is 3. The molecule has 0 saturated carbocycles. The summed E-state index contributed by atoms with van der Waals surface area (Å²) in [6.45, 7) is 13.3. The van der Waals surface area contributed by atoms with Crippen molar-refractivity contribution in [2.24, 2.45) is 5.41 Å². The average Bonchev–Trinajstić information content (AvgIpc) is 3.27. The van der Waals surface area contributed by atoms with Gasteiger partial charge in [0.15, 0.2) is 0 Å². The number of fused-ring (bicyclic) bond motifs is 3. The van der Waals surface area contributed by atoms with E-state index >= 15 is 0 Å². The Labute approximate surface area is 287 Å². The first-order chi connectivity index (χ1) is 21.6. The van der Waals surface area contributed by atoms with Crippen LogP contribution in [0, 0.1) is 24.5 Å². The molecule has 7 rings (SSSR count). The van der Waals surface area contributed by atoms with Gasteiger partial charge in [-0.25, -0.2) is 0 Å². The van der Waals surface area contributed by atoms with Gasteiger partial charge in [-0.3, -0.25) is 4.98 Å². The van der Waals surface area contributed by atoms with Crippen LogP contribution < -0.4 is 0 Å². The molecule has 0 N–H and O–H groups in total. The normalized spacial score (nSPS) is 12.7. The van der Waals surface area contributed by atoms with E-state index in [4.69, 9.17) is 0 Å². The predicted molar refractivity (Wildman–Crippen MR) is 186 cm³/mol. The Kier molecular flexibility index (Phi) is 9.82. The molecule has 0 saturated heterocycles. The SMILES string of the molecule is CC(C)(C)Cc1ccc(-c2ccnc(-c3[c-]cccc3)c2)cc1.Cc1cc[c-]c(-c2cc3c(cn2)C(C)(C)c2ccccc2-3)n1.[Ir]. The summed E-state index contributed by atoms with van der Waals surface area (Å²) in [4.78, 5) is 13.7. The van der Waals surface area contributed by atoms with Crippen molar-refractivity contribution in [1.29, 1.82) is 0 Å². The number of aryl methyl sites for hydroxylation is 1. The minimum absolute atomic E-state index is 0. The van der Waals surface area contributed by atoms with Crippen LogP contribution in [0.15, 0.2) is 116 Å². The maximum Gasteiger partial charge on any atom is 0.0173 e. The predicted octanol–water partition coefficient (Wildman–Crippen LogP) is 10.4. The van der Waals surface area contributed by atoms with Crippen LogP contribution >= 0.6 is 0 Å². The Hall–Kier alpha value is -4.24. The van der Waals surface area contributed by atoms with Gasteiger partial charge in [-0.2, -0.15) is 12.1 Å². The number of nitrogens with zero attached hydrogens (tertiary/aromatic N) is 3. The third-order valence-electron chi connectivity index (χ3n) is 8.31. The van der Waals surface area contributed by atoms with Crippen molar-refractivity contribution in [3.05, 3.63) is 150 Å². The molecule has 6 aromatic rings. The summed E-state index contributed by atoms with van der Waals surface area (Å²) in [6, 6.07) is 42.1. The van der Waals surface area contributed by atoms with E-state index in [1.165, 1.54) is 38.9 Å². The standard InChI is InChI=1S/C22H22N.C20H17N2.Ir/c1-22(2,3)16-17-9-11-18(12-10-17)20-13-14-23-21(15-20)19-7-5-4-6-8-19;1-13-7-6-10-18(22-13)19-11-15-14-8-4-5-9-16(14)20(2,3)17(15)12-21-19;/h4-7,9-15H,16H2,1-3H3;4-9,11-12H,1-3H3;/q2*-1;. The summed E-state index contributed by atoms with van der Waals surface area (Å²) < 4.78 is 0. The Morgan fingerprint density at radius 2 is 1.46 bits per heavy atom. The molecular formula is C42H39IrN3-2. The van der Waals surface area contributed by atoms with Gasteiger partial charge in [0, 0.05) is 37.9 Å². The van der Waals surface area contributed by atoms with Crippen molar-refractivity contribution in [2.45, 2.75) is 53.4 Å². The zero-order valence-electron chi connectivity index (χ0n) is 27.4. The molecular weight excluding hydrogens is 739 g/mol. The Bertz CT molecular complexity index is 1940. The summed E-state index contributed by atoms with van der Waals surface area (Å²) in [5, 5.41) is 0. The number of rotatable bonds is 4. The van der Waals surface area contributed by atoms with Gasteiger partial charge in [-0.1, -0.05) is 95.3 Å².